The molecule has 1 atom stereocenters. The highest BCUT2D eigenvalue weighted by Gasteiger charge is 2.28. The zero-order chi connectivity index (χ0) is 12.3. The summed E-state index contributed by atoms with van der Waals surface area (Å²) in [5.41, 5.74) is 7.80. The SMILES string of the molecule is NNc1cccc(N2CCOCC2C(N)=O)n1. The minimum atomic E-state index is -0.482. The van der Waals surface area contributed by atoms with Crippen LogP contribution in [-0.2, 0) is 9.53 Å². The Morgan fingerprint density at radius 1 is 1.59 bits per heavy atom. The second-order valence-corrected chi connectivity index (χ2v) is 3.71. The van der Waals surface area contributed by atoms with E-state index in [-0.39, 0.29) is 6.61 Å². The predicted octanol–water partition coefficient (Wildman–Crippen LogP) is -0.942. The minimum absolute atomic E-state index is 0.289. The van der Waals surface area contributed by atoms with Crippen LogP contribution in [0.4, 0.5) is 11.6 Å². The van der Waals surface area contributed by atoms with E-state index in [9.17, 15) is 4.79 Å². The topological polar surface area (TPSA) is 106 Å². The van der Waals surface area contributed by atoms with E-state index in [1.54, 1.807) is 6.07 Å². The number of nitrogen functional groups attached to an aromatic ring is 1. The number of anilines is 2. The second kappa shape index (κ2) is 4.98. The third-order valence-electron chi connectivity index (χ3n) is 2.63. The number of hydrogen-bond donors (Lipinski definition) is 3. The van der Waals surface area contributed by atoms with Crippen molar-refractivity contribution in [2.75, 3.05) is 30.1 Å². The number of rotatable bonds is 3. The molecule has 7 heteroatoms. The van der Waals surface area contributed by atoms with Crippen molar-refractivity contribution in [1.29, 1.82) is 0 Å². The van der Waals surface area contributed by atoms with E-state index < -0.39 is 11.9 Å². The van der Waals surface area contributed by atoms with Crippen LogP contribution in [0.2, 0.25) is 0 Å². The zero-order valence-corrected chi connectivity index (χ0v) is 9.30. The van der Waals surface area contributed by atoms with Gasteiger partial charge in [-0.25, -0.2) is 10.8 Å². The number of aromatic nitrogens is 1. The summed E-state index contributed by atoms with van der Waals surface area (Å²) in [4.78, 5) is 17.4. The van der Waals surface area contributed by atoms with Crippen LogP contribution in [0.1, 0.15) is 0 Å². The second-order valence-electron chi connectivity index (χ2n) is 3.71. The van der Waals surface area contributed by atoms with E-state index in [4.69, 9.17) is 16.3 Å². The van der Waals surface area contributed by atoms with Gasteiger partial charge in [0.1, 0.15) is 17.7 Å². The Labute approximate surface area is 98.7 Å². The molecule has 0 bridgehead atoms. The summed E-state index contributed by atoms with van der Waals surface area (Å²) in [5.74, 6) is 6.08. The van der Waals surface area contributed by atoms with E-state index in [1.807, 2.05) is 17.0 Å². The maximum atomic E-state index is 11.3. The fourth-order valence-corrected chi connectivity index (χ4v) is 1.78. The summed E-state index contributed by atoms with van der Waals surface area (Å²) in [6.45, 7) is 1.41. The highest BCUT2D eigenvalue weighted by Crippen LogP contribution is 2.18. The summed E-state index contributed by atoms with van der Waals surface area (Å²) in [6, 6.07) is 4.88. The monoisotopic (exact) mass is 237 g/mol. The van der Waals surface area contributed by atoms with Crippen LogP contribution in [-0.4, -0.2) is 36.7 Å². The van der Waals surface area contributed by atoms with Gasteiger partial charge in [0.05, 0.1) is 13.2 Å². The van der Waals surface area contributed by atoms with E-state index in [2.05, 4.69) is 10.4 Å². The highest BCUT2D eigenvalue weighted by atomic mass is 16.5. The molecule has 1 aromatic heterocycles. The van der Waals surface area contributed by atoms with Gasteiger partial charge in [-0.05, 0) is 12.1 Å². The summed E-state index contributed by atoms with van der Waals surface area (Å²) < 4.78 is 5.24. The molecule has 17 heavy (non-hydrogen) atoms. The molecule has 1 unspecified atom stereocenters. The molecule has 1 aliphatic rings. The summed E-state index contributed by atoms with van der Waals surface area (Å²) in [6.07, 6.45) is 0. The highest BCUT2D eigenvalue weighted by molar-refractivity contribution is 5.83. The molecule has 0 spiro atoms. The Morgan fingerprint density at radius 3 is 3.12 bits per heavy atom. The Morgan fingerprint density at radius 2 is 2.41 bits per heavy atom. The van der Waals surface area contributed by atoms with E-state index in [1.165, 1.54) is 0 Å². The van der Waals surface area contributed by atoms with Crippen LogP contribution in [0, 0.1) is 0 Å². The summed E-state index contributed by atoms with van der Waals surface area (Å²) in [7, 11) is 0. The van der Waals surface area contributed by atoms with Crippen molar-refractivity contribution in [3.63, 3.8) is 0 Å². The van der Waals surface area contributed by atoms with Gasteiger partial charge in [-0.2, -0.15) is 0 Å². The van der Waals surface area contributed by atoms with Crippen molar-refractivity contribution in [2.45, 2.75) is 6.04 Å². The lowest BCUT2D eigenvalue weighted by Crippen LogP contribution is -2.53. The van der Waals surface area contributed by atoms with Crippen LogP contribution in [0.5, 0.6) is 0 Å². The van der Waals surface area contributed by atoms with Gasteiger partial charge in [0.2, 0.25) is 5.91 Å². The Bertz CT molecular complexity index is 411. The Balaban J connectivity index is 2.26. The number of nitrogens with zero attached hydrogens (tertiary/aromatic N) is 2. The van der Waals surface area contributed by atoms with E-state index >= 15 is 0 Å². The molecule has 5 N–H and O–H groups in total. The molecule has 0 aromatic carbocycles. The molecule has 1 fully saturated rings. The van der Waals surface area contributed by atoms with Crippen molar-refractivity contribution in [2.24, 2.45) is 11.6 Å². The summed E-state index contributed by atoms with van der Waals surface area (Å²) >= 11 is 0. The number of primary amides is 1. The first-order valence-corrected chi connectivity index (χ1v) is 5.30. The Kier molecular flexibility index (Phi) is 3.40. The average Bonchev–Trinajstić information content (AvgIpc) is 2.39. The van der Waals surface area contributed by atoms with E-state index in [0.717, 1.165) is 0 Å². The summed E-state index contributed by atoms with van der Waals surface area (Å²) in [5, 5.41) is 0. The molecule has 0 saturated carbocycles. The van der Waals surface area contributed by atoms with Gasteiger partial charge in [-0.3, -0.25) is 4.79 Å². The molecule has 0 aliphatic carbocycles. The fraction of sp³-hybridized carbons (Fsp3) is 0.400. The number of carbonyl (C=O) groups excluding carboxylic acids is 1. The lowest BCUT2D eigenvalue weighted by molar-refractivity contribution is -0.121. The molecule has 92 valence electrons. The number of carbonyl (C=O) groups is 1. The molecular formula is C10H15N5O2. The van der Waals surface area contributed by atoms with Crippen LogP contribution < -0.4 is 21.9 Å². The maximum absolute atomic E-state index is 11.3. The average molecular weight is 237 g/mol. The van der Waals surface area contributed by atoms with Crippen molar-refractivity contribution in [1.82, 2.24) is 4.98 Å². The lowest BCUT2D eigenvalue weighted by atomic mass is 10.2. The largest absolute Gasteiger partial charge is 0.377 e. The minimum Gasteiger partial charge on any atom is -0.377 e. The number of hydrogen-bond acceptors (Lipinski definition) is 6. The van der Waals surface area contributed by atoms with Gasteiger partial charge in [-0.15, -0.1) is 0 Å². The molecule has 2 heterocycles. The third-order valence-corrected chi connectivity index (χ3v) is 2.63. The Hall–Kier alpha value is -1.86. The predicted molar refractivity (Wildman–Crippen MR) is 63.2 cm³/mol. The number of amides is 1. The number of hydrazine groups is 1. The van der Waals surface area contributed by atoms with Gasteiger partial charge < -0.3 is 20.8 Å². The molecule has 1 aromatic rings. The van der Waals surface area contributed by atoms with Crippen molar-refractivity contribution < 1.29 is 9.53 Å². The normalized spacial score (nSPS) is 20.1. The van der Waals surface area contributed by atoms with Gasteiger partial charge >= 0.3 is 0 Å². The van der Waals surface area contributed by atoms with Crippen LogP contribution in [0.15, 0.2) is 18.2 Å². The number of ether oxygens (including phenoxy) is 1. The van der Waals surface area contributed by atoms with Crippen molar-refractivity contribution >= 4 is 17.5 Å². The van der Waals surface area contributed by atoms with Gasteiger partial charge in [-0.1, -0.05) is 6.07 Å². The van der Waals surface area contributed by atoms with Crippen molar-refractivity contribution in [3.8, 4) is 0 Å². The van der Waals surface area contributed by atoms with Crippen molar-refractivity contribution in [3.05, 3.63) is 18.2 Å². The molecule has 7 nitrogen and oxygen atoms in total. The van der Waals surface area contributed by atoms with Crippen LogP contribution >= 0.6 is 0 Å². The van der Waals surface area contributed by atoms with Crippen LogP contribution in [0.25, 0.3) is 0 Å². The molecule has 0 radical (unpaired) electrons. The smallest absolute Gasteiger partial charge is 0.242 e. The number of nitrogens with two attached hydrogens (primary N) is 2. The van der Waals surface area contributed by atoms with Gasteiger partial charge in [0, 0.05) is 6.54 Å². The number of morpholine rings is 1. The fourth-order valence-electron chi connectivity index (χ4n) is 1.78. The quantitative estimate of drug-likeness (QED) is 0.462. The molecule has 1 saturated heterocycles. The first kappa shape index (κ1) is 11.6. The van der Waals surface area contributed by atoms with Gasteiger partial charge in [0.25, 0.3) is 0 Å². The molecular weight excluding hydrogens is 222 g/mol. The number of nitrogens with one attached hydrogen (secondary N) is 1. The first-order valence-electron chi connectivity index (χ1n) is 5.30. The molecule has 1 amide bonds. The van der Waals surface area contributed by atoms with Crippen LogP contribution in [0.3, 0.4) is 0 Å². The molecule has 1 aliphatic heterocycles. The molecule has 2 rings (SSSR count). The zero-order valence-electron chi connectivity index (χ0n) is 9.30. The maximum Gasteiger partial charge on any atom is 0.242 e. The lowest BCUT2D eigenvalue weighted by Gasteiger charge is -2.34. The van der Waals surface area contributed by atoms with Gasteiger partial charge in [0.15, 0.2) is 0 Å². The third kappa shape index (κ3) is 2.45. The first-order chi connectivity index (χ1) is 8.22. The van der Waals surface area contributed by atoms with E-state index in [0.29, 0.717) is 24.8 Å². The number of pyridine rings is 1. The standard InChI is InChI=1S/C10H15N5O2/c11-10(16)7-6-17-5-4-15(7)9-3-1-2-8(13-9)14-12/h1-3,7H,4-6,12H2,(H2,11,16)(H,13,14).